The number of sulfonamides is 1. The summed E-state index contributed by atoms with van der Waals surface area (Å²) in [7, 11) is -2.57. The van der Waals surface area contributed by atoms with Gasteiger partial charge in [0, 0.05) is 18.6 Å². The summed E-state index contributed by atoms with van der Waals surface area (Å²) >= 11 is 0. The van der Waals surface area contributed by atoms with E-state index in [-0.39, 0.29) is 5.39 Å². The largest absolute Gasteiger partial charge is 0.349 e. The number of halogens is 1. The molecular weight excluding hydrogens is 247 g/mol. The Kier molecular flexibility index (Phi) is 2.52. The first-order valence-electron chi connectivity index (χ1n) is 4.62. The first-order chi connectivity index (χ1) is 7.80. The van der Waals surface area contributed by atoms with E-state index in [0.29, 0.717) is 5.52 Å². The lowest BCUT2D eigenvalue weighted by atomic mass is 10.2. The van der Waals surface area contributed by atoms with Gasteiger partial charge in [0.15, 0.2) is 0 Å². The van der Waals surface area contributed by atoms with Crippen LogP contribution in [0.25, 0.3) is 10.9 Å². The van der Waals surface area contributed by atoms with E-state index in [1.165, 1.54) is 16.7 Å². The molecule has 2 N–H and O–H groups in total. The smallest absolute Gasteiger partial charge is 0.243 e. The molecule has 0 radical (unpaired) electrons. The Bertz CT molecular complexity index is 765. The molecule has 1 aromatic carbocycles. The van der Waals surface area contributed by atoms with E-state index in [1.54, 1.807) is 7.05 Å². The van der Waals surface area contributed by atoms with Crippen LogP contribution in [-0.2, 0) is 17.1 Å². The molecule has 0 saturated carbocycles. The molecule has 0 bridgehead atoms. The third kappa shape index (κ3) is 1.94. The number of hydrogen-bond donors (Lipinski definition) is 1. The molecule has 1 aromatic heterocycles. The lowest BCUT2D eigenvalue weighted by molar-refractivity contribution is 0.596. The second-order valence-corrected chi connectivity index (χ2v) is 5.17. The SMILES string of the molecule is Cn1cc(S(N)(=O)=O)c(=O)c2cc(F)ccc21. The molecule has 1 heterocycles. The Labute approximate surface area is 96.3 Å². The molecule has 0 unspecified atom stereocenters. The molecule has 0 fully saturated rings. The van der Waals surface area contributed by atoms with E-state index in [9.17, 15) is 17.6 Å². The van der Waals surface area contributed by atoms with E-state index >= 15 is 0 Å². The molecule has 0 aliphatic carbocycles. The number of fused-ring (bicyclic) bond motifs is 1. The summed E-state index contributed by atoms with van der Waals surface area (Å²) in [6, 6.07) is 3.59. The fourth-order valence-electron chi connectivity index (χ4n) is 1.64. The van der Waals surface area contributed by atoms with Gasteiger partial charge in [0.25, 0.3) is 0 Å². The van der Waals surface area contributed by atoms with Crippen molar-refractivity contribution >= 4 is 20.9 Å². The van der Waals surface area contributed by atoms with Crippen molar-refractivity contribution in [1.29, 1.82) is 0 Å². The molecule has 7 heteroatoms. The summed E-state index contributed by atoms with van der Waals surface area (Å²) in [5.74, 6) is -0.610. The van der Waals surface area contributed by atoms with Crippen molar-refractivity contribution in [2.45, 2.75) is 4.90 Å². The fourth-order valence-corrected chi connectivity index (χ4v) is 2.31. The standard InChI is InChI=1S/C10H9FN2O3S/c1-13-5-9(17(12,15)16)10(14)7-4-6(11)2-3-8(7)13/h2-5H,1H3,(H2,12,15,16). The number of aryl methyl sites for hydroxylation is 1. The quantitative estimate of drug-likeness (QED) is 0.798. The molecule has 0 saturated heterocycles. The van der Waals surface area contributed by atoms with Crippen LogP contribution in [0.3, 0.4) is 0 Å². The number of hydrogen-bond acceptors (Lipinski definition) is 3. The third-order valence-corrected chi connectivity index (χ3v) is 3.33. The lowest BCUT2D eigenvalue weighted by Gasteiger charge is -2.07. The number of benzene rings is 1. The van der Waals surface area contributed by atoms with Crippen LogP contribution in [0.1, 0.15) is 0 Å². The first-order valence-corrected chi connectivity index (χ1v) is 6.17. The zero-order chi connectivity index (χ0) is 12.8. The van der Waals surface area contributed by atoms with Crippen LogP contribution >= 0.6 is 0 Å². The molecule has 0 aliphatic heterocycles. The zero-order valence-electron chi connectivity index (χ0n) is 8.84. The molecule has 0 atom stereocenters. The van der Waals surface area contributed by atoms with Crippen molar-refractivity contribution < 1.29 is 12.8 Å². The highest BCUT2D eigenvalue weighted by atomic mass is 32.2. The summed E-state index contributed by atoms with van der Waals surface area (Å²) < 4.78 is 36.9. The first kappa shape index (κ1) is 11.7. The number of nitrogens with two attached hydrogens (primary N) is 1. The van der Waals surface area contributed by atoms with E-state index in [4.69, 9.17) is 5.14 Å². The maximum Gasteiger partial charge on any atom is 0.243 e. The van der Waals surface area contributed by atoms with Crippen LogP contribution in [0, 0.1) is 5.82 Å². The topological polar surface area (TPSA) is 82.2 Å². The normalized spacial score (nSPS) is 11.9. The van der Waals surface area contributed by atoms with Gasteiger partial charge in [-0.1, -0.05) is 0 Å². The van der Waals surface area contributed by atoms with Crippen LogP contribution in [0.2, 0.25) is 0 Å². The van der Waals surface area contributed by atoms with Gasteiger partial charge in [0.1, 0.15) is 10.7 Å². The van der Waals surface area contributed by atoms with Crippen molar-refractivity contribution in [3.05, 3.63) is 40.4 Å². The number of nitrogens with zero attached hydrogens (tertiary/aromatic N) is 1. The molecule has 2 aromatic rings. The molecule has 5 nitrogen and oxygen atoms in total. The molecular formula is C10H9FN2O3S. The third-order valence-electron chi connectivity index (χ3n) is 2.42. The van der Waals surface area contributed by atoms with Crippen LogP contribution in [0.15, 0.2) is 34.1 Å². The van der Waals surface area contributed by atoms with Crippen molar-refractivity contribution in [2.24, 2.45) is 12.2 Å². The van der Waals surface area contributed by atoms with Crippen molar-refractivity contribution in [3.63, 3.8) is 0 Å². The number of aromatic nitrogens is 1. The molecule has 17 heavy (non-hydrogen) atoms. The summed E-state index contributed by atoms with van der Waals surface area (Å²) in [5, 5.41) is 4.91. The van der Waals surface area contributed by atoms with Gasteiger partial charge < -0.3 is 4.57 Å². The van der Waals surface area contributed by atoms with E-state index in [0.717, 1.165) is 12.3 Å². The maximum absolute atomic E-state index is 13.0. The van der Waals surface area contributed by atoms with Gasteiger partial charge in [0.05, 0.1) is 5.52 Å². The molecule has 90 valence electrons. The van der Waals surface area contributed by atoms with E-state index in [2.05, 4.69) is 0 Å². The summed E-state index contributed by atoms with van der Waals surface area (Å²) in [4.78, 5) is 11.3. The van der Waals surface area contributed by atoms with Crippen molar-refractivity contribution in [1.82, 2.24) is 4.57 Å². The average Bonchev–Trinajstić information content (AvgIpc) is 2.21. The predicted molar refractivity (Wildman–Crippen MR) is 60.5 cm³/mol. The van der Waals surface area contributed by atoms with Gasteiger partial charge >= 0.3 is 0 Å². The van der Waals surface area contributed by atoms with Gasteiger partial charge in [-0.05, 0) is 18.2 Å². The van der Waals surface area contributed by atoms with Gasteiger partial charge in [-0.3, -0.25) is 4.79 Å². The Morgan fingerprint density at radius 3 is 2.59 bits per heavy atom. The van der Waals surface area contributed by atoms with Gasteiger partial charge in [-0.15, -0.1) is 0 Å². The fraction of sp³-hybridized carbons (Fsp3) is 0.100. The van der Waals surface area contributed by atoms with Crippen molar-refractivity contribution in [3.8, 4) is 0 Å². The number of pyridine rings is 1. The molecule has 0 aliphatic rings. The number of primary sulfonamides is 1. The second kappa shape index (κ2) is 3.64. The second-order valence-electron chi connectivity index (χ2n) is 3.64. The number of rotatable bonds is 1. The highest BCUT2D eigenvalue weighted by Crippen LogP contribution is 2.14. The van der Waals surface area contributed by atoms with Crippen molar-refractivity contribution in [2.75, 3.05) is 0 Å². The average molecular weight is 256 g/mol. The van der Waals surface area contributed by atoms with Crippen LogP contribution in [0.4, 0.5) is 4.39 Å². The monoisotopic (exact) mass is 256 g/mol. The van der Waals surface area contributed by atoms with E-state index in [1.807, 2.05) is 0 Å². The Morgan fingerprint density at radius 2 is 2.00 bits per heavy atom. The minimum atomic E-state index is -4.12. The van der Waals surface area contributed by atoms with Gasteiger partial charge in [-0.25, -0.2) is 17.9 Å². The minimum Gasteiger partial charge on any atom is -0.349 e. The van der Waals surface area contributed by atoms with Gasteiger partial charge in [0.2, 0.25) is 15.5 Å². The predicted octanol–water partition coefficient (Wildman–Crippen LogP) is 0.325. The molecule has 0 spiro atoms. The zero-order valence-corrected chi connectivity index (χ0v) is 9.66. The van der Waals surface area contributed by atoms with Crippen LogP contribution < -0.4 is 10.6 Å². The van der Waals surface area contributed by atoms with Gasteiger partial charge in [-0.2, -0.15) is 0 Å². The van der Waals surface area contributed by atoms with E-state index < -0.39 is 26.2 Å². The lowest BCUT2D eigenvalue weighted by Crippen LogP contribution is -2.23. The summed E-state index contributed by atoms with van der Waals surface area (Å²) in [5.41, 5.74) is -0.357. The molecule has 2 rings (SSSR count). The summed E-state index contributed by atoms with van der Waals surface area (Å²) in [6.07, 6.45) is 1.12. The minimum absolute atomic E-state index is 0.0148. The Hall–Kier alpha value is -1.73. The van der Waals surface area contributed by atoms with Crippen LogP contribution in [0.5, 0.6) is 0 Å². The molecule has 0 amide bonds. The highest BCUT2D eigenvalue weighted by Gasteiger charge is 2.16. The summed E-state index contributed by atoms with van der Waals surface area (Å²) in [6.45, 7) is 0. The maximum atomic E-state index is 13.0. The highest BCUT2D eigenvalue weighted by molar-refractivity contribution is 7.89. The Balaban J connectivity index is 3.04. The van der Waals surface area contributed by atoms with Crippen LogP contribution in [-0.4, -0.2) is 13.0 Å². The Morgan fingerprint density at radius 1 is 1.35 bits per heavy atom.